The Labute approximate surface area is 176 Å². The fraction of sp³-hybridized carbons (Fsp3) is 0.125. The molecule has 0 unspecified atom stereocenters. The van der Waals surface area contributed by atoms with Gasteiger partial charge < -0.3 is 16.0 Å². The molecule has 0 aliphatic rings. The quantitative estimate of drug-likeness (QED) is 0.452. The summed E-state index contributed by atoms with van der Waals surface area (Å²) in [4.78, 5) is 15.4. The van der Waals surface area contributed by atoms with Crippen molar-refractivity contribution in [1.82, 2.24) is 15.0 Å². The first-order valence-electron chi connectivity index (χ1n) is 9.93. The highest BCUT2D eigenvalue weighted by Crippen LogP contribution is 2.33. The van der Waals surface area contributed by atoms with Crippen LogP contribution in [0.4, 0.5) is 28.8 Å². The fourth-order valence-electron chi connectivity index (χ4n) is 3.21. The van der Waals surface area contributed by atoms with Crippen molar-refractivity contribution in [2.75, 3.05) is 16.0 Å². The van der Waals surface area contributed by atoms with Crippen molar-refractivity contribution in [3.63, 3.8) is 0 Å². The van der Waals surface area contributed by atoms with Gasteiger partial charge in [-0.05, 0) is 41.8 Å². The molecule has 2 aromatic heterocycles. The number of nitrogen functional groups attached to an aromatic ring is 1. The number of nitrogens with zero attached hydrogens (tertiary/aromatic N) is 4. The molecule has 150 valence electrons. The summed E-state index contributed by atoms with van der Waals surface area (Å²) in [6.07, 6.45) is 4.28. The Morgan fingerprint density at radius 1 is 0.833 bits per heavy atom. The smallest absolute Gasteiger partial charge is 0.163 e. The van der Waals surface area contributed by atoms with E-state index in [0.717, 1.165) is 23.5 Å². The minimum Gasteiger partial charge on any atom is -0.393 e. The first-order chi connectivity index (χ1) is 14.7. The lowest BCUT2D eigenvalue weighted by atomic mass is 10.1. The van der Waals surface area contributed by atoms with Crippen LogP contribution in [0.25, 0.3) is 0 Å². The van der Waals surface area contributed by atoms with Gasteiger partial charge in [0.05, 0.1) is 6.54 Å². The van der Waals surface area contributed by atoms with Gasteiger partial charge >= 0.3 is 0 Å². The summed E-state index contributed by atoms with van der Waals surface area (Å²) in [6, 6.07) is 24.2. The standard InChI is InChI=1S/C24H24N6/c1-2-18-11-13-20(14-12-18)29-23-22(25)24(28-17-27-23)30(21-10-6-7-15-26-21)16-19-8-4-3-5-9-19/h3-15,17H,2,16,25H2,1H3,(H,27,28,29). The third-order valence-electron chi connectivity index (χ3n) is 4.85. The summed E-state index contributed by atoms with van der Waals surface area (Å²) < 4.78 is 0. The average Bonchev–Trinajstić information content (AvgIpc) is 2.81. The number of hydrogen-bond acceptors (Lipinski definition) is 6. The van der Waals surface area contributed by atoms with Gasteiger partial charge in [-0.15, -0.1) is 0 Å². The summed E-state index contributed by atoms with van der Waals surface area (Å²) in [7, 11) is 0. The summed E-state index contributed by atoms with van der Waals surface area (Å²) in [5, 5.41) is 3.31. The van der Waals surface area contributed by atoms with Crippen molar-refractivity contribution in [2.24, 2.45) is 0 Å². The second kappa shape index (κ2) is 9.05. The van der Waals surface area contributed by atoms with E-state index in [-0.39, 0.29) is 0 Å². The summed E-state index contributed by atoms with van der Waals surface area (Å²) in [6.45, 7) is 2.72. The molecule has 0 fully saturated rings. The summed E-state index contributed by atoms with van der Waals surface area (Å²) in [5.74, 6) is 1.95. The molecule has 6 nitrogen and oxygen atoms in total. The van der Waals surface area contributed by atoms with E-state index in [0.29, 0.717) is 23.9 Å². The lowest BCUT2D eigenvalue weighted by Gasteiger charge is -2.25. The number of nitrogens with two attached hydrogens (primary N) is 1. The van der Waals surface area contributed by atoms with Gasteiger partial charge in [0.25, 0.3) is 0 Å². The van der Waals surface area contributed by atoms with Crippen LogP contribution < -0.4 is 16.0 Å². The molecule has 0 spiro atoms. The second-order valence-corrected chi connectivity index (χ2v) is 6.89. The van der Waals surface area contributed by atoms with E-state index in [1.165, 1.54) is 11.9 Å². The zero-order valence-electron chi connectivity index (χ0n) is 16.9. The first-order valence-corrected chi connectivity index (χ1v) is 9.93. The van der Waals surface area contributed by atoms with Crippen LogP contribution in [0.15, 0.2) is 85.3 Å². The number of rotatable bonds is 7. The normalized spacial score (nSPS) is 10.6. The van der Waals surface area contributed by atoms with Crippen LogP contribution in [0.5, 0.6) is 0 Å². The molecular formula is C24H24N6. The number of aromatic nitrogens is 3. The van der Waals surface area contributed by atoms with Crippen molar-refractivity contribution >= 4 is 28.8 Å². The maximum Gasteiger partial charge on any atom is 0.163 e. The van der Waals surface area contributed by atoms with E-state index < -0.39 is 0 Å². The monoisotopic (exact) mass is 396 g/mol. The van der Waals surface area contributed by atoms with E-state index >= 15 is 0 Å². The molecule has 0 aliphatic carbocycles. The van der Waals surface area contributed by atoms with Crippen LogP contribution in [0, 0.1) is 0 Å². The average molecular weight is 396 g/mol. The van der Waals surface area contributed by atoms with Crippen LogP contribution in [0.3, 0.4) is 0 Å². The molecule has 30 heavy (non-hydrogen) atoms. The van der Waals surface area contributed by atoms with Crippen LogP contribution in [-0.4, -0.2) is 15.0 Å². The lowest BCUT2D eigenvalue weighted by Crippen LogP contribution is -2.21. The van der Waals surface area contributed by atoms with Crippen molar-refractivity contribution in [3.05, 3.63) is 96.4 Å². The molecule has 4 rings (SSSR count). The largest absolute Gasteiger partial charge is 0.393 e. The zero-order chi connectivity index (χ0) is 20.8. The molecule has 0 aliphatic heterocycles. The minimum absolute atomic E-state index is 0.471. The first kappa shape index (κ1) is 19.4. The van der Waals surface area contributed by atoms with Gasteiger partial charge in [-0.1, -0.05) is 55.5 Å². The highest BCUT2D eigenvalue weighted by atomic mass is 15.3. The SMILES string of the molecule is CCc1ccc(Nc2ncnc(N(Cc3ccccc3)c3ccccn3)c2N)cc1. The Hall–Kier alpha value is -3.93. The molecule has 2 aromatic carbocycles. The van der Waals surface area contributed by atoms with E-state index in [2.05, 4.69) is 51.5 Å². The molecule has 6 heteroatoms. The van der Waals surface area contributed by atoms with Crippen LogP contribution in [0.2, 0.25) is 0 Å². The maximum absolute atomic E-state index is 6.52. The highest BCUT2D eigenvalue weighted by Gasteiger charge is 2.18. The Balaban J connectivity index is 1.69. The van der Waals surface area contributed by atoms with E-state index in [1.807, 2.05) is 53.4 Å². The lowest BCUT2D eigenvalue weighted by molar-refractivity contribution is 0.918. The van der Waals surface area contributed by atoms with Crippen molar-refractivity contribution < 1.29 is 0 Å². The molecule has 2 heterocycles. The molecular weight excluding hydrogens is 372 g/mol. The fourth-order valence-corrected chi connectivity index (χ4v) is 3.21. The molecule has 4 aromatic rings. The Morgan fingerprint density at radius 2 is 1.60 bits per heavy atom. The van der Waals surface area contributed by atoms with E-state index in [4.69, 9.17) is 5.73 Å². The molecule has 0 amide bonds. The van der Waals surface area contributed by atoms with Crippen molar-refractivity contribution in [1.29, 1.82) is 0 Å². The summed E-state index contributed by atoms with van der Waals surface area (Å²) >= 11 is 0. The third kappa shape index (κ3) is 4.38. The Kier molecular flexibility index (Phi) is 5.85. The molecule has 0 saturated heterocycles. The predicted molar refractivity (Wildman–Crippen MR) is 122 cm³/mol. The molecule has 0 saturated carbocycles. The minimum atomic E-state index is 0.471. The predicted octanol–water partition coefficient (Wildman–Crippen LogP) is 5.10. The van der Waals surface area contributed by atoms with Gasteiger partial charge in [0.2, 0.25) is 0 Å². The van der Waals surface area contributed by atoms with Crippen LogP contribution >= 0.6 is 0 Å². The molecule has 3 N–H and O–H groups in total. The third-order valence-corrected chi connectivity index (χ3v) is 4.85. The van der Waals surface area contributed by atoms with E-state index in [1.54, 1.807) is 6.20 Å². The number of nitrogens with one attached hydrogen (secondary N) is 1. The number of benzene rings is 2. The number of aryl methyl sites for hydroxylation is 1. The molecule has 0 bridgehead atoms. The Bertz CT molecular complexity index is 1080. The highest BCUT2D eigenvalue weighted by molar-refractivity contribution is 5.80. The number of anilines is 5. The van der Waals surface area contributed by atoms with Crippen LogP contribution in [-0.2, 0) is 13.0 Å². The van der Waals surface area contributed by atoms with Crippen molar-refractivity contribution in [2.45, 2.75) is 19.9 Å². The number of hydrogen-bond donors (Lipinski definition) is 2. The van der Waals surface area contributed by atoms with Gasteiger partial charge in [-0.2, -0.15) is 0 Å². The second-order valence-electron chi connectivity index (χ2n) is 6.89. The topological polar surface area (TPSA) is 80.0 Å². The molecule has 0 radical (unpaired) electrons. The van der Waals surface area contributed by atoms with Crippen LogP contribution in [0.1, 0.15) is 18.1 Å². The van der Waals surface area contributed by atoms with Gasteiger partial charge in [0, 0.05) is 11.9 Å². The van der Waals surface area contributed by atoms with E-state index in [9.17, 15) is 0 Å². The van der Waals surface area contributed by atoms with Gasteiger partial charge in [-0.25, -0.2) is 15.0 Å². The molecule has 0 atom stereocenters. The van der Waals surface area contributed by atoms with Gasteiger partial charge in [0.1, 0.15) is 17.8 Å². The zero-order valence-corrected chi connectivity index (χ0v) is 16.9. The number of pyridine rings is 1. The van der Waals surface area contributed by atoms with Crippen molar-refractivity contribution in [3.8, 4) is 0 Å². The Morgan fingerprint density at radius 3 is 2.30 bits per heavy atom. The van der Waals surface area contributed by atoms with Gasteiger partial charge in [-0.3, -0.25) is 0 Å². The maximum atomic E-state index is 6.52. The van der Waals surface area contributed by atoms with Gasteiger partial charge in [0.15, 0.2) is 11.6 Å². The summed E-state index contributed by atoms with van der Waals surface area (Å²) in [5.41, 5.74) is 10.3.